The van der Waals surface area contributed by atoms with E-state index in [1.807, 2.05) is 0 Å². The fourth-order valence-corrected chi connectivity index (χ4v) is 2.00. The van der Waals surface area contributed by atoms with Crippen LogP contribution in [0.2, 0.25) is 0 Å². The Kier molecular flexibility index (Phi) is 3.07. The minimum atomic E-state index is 0.475. The molecule has 0 N–H and O–H groups in total. The van der Waals surface area contributed by atoms with Crippen molar-refractivity contribution in [3.63, 3.8) is 0 Å². The lowest BCUT2D eigenvalue weighted by molar-refractivity contribution is 0.210. The van der Waals surface area contributed by atoms with Crippen molar-refractivity contribution in [3.05, 3.63) is 29.8 Å². The topological polar surface area (TPSA) is 9.23 Å². The van der Waals surface area contributed by atoms with Crippen molar-refractivity contribution in [3.8, 4) is 5.75 Å². The highest BCUT2D eigenvalue weighted by Crippen LogP contribution is 2.24. The normalized spacial score (nSPS) is 17.2. The maximum atomic E-state index is 5.87. The quantitative estimate of drug-likeness (QED) is 0.708. The van der Waals surface area contributed by atoms with E-state index in [-0.39, 0.29) is 0 Å². The molecule has 0 atom stereocenters. The summed E-state index contributed by atoms with van der Waals surface area (Å²) in [7, 11) is 0. The van der Waals surface area contributed by atoms with Gasteiger partial charge >= 0.3 is 0 Å². The van der Waals surface area contributed by atoms with Crippen LogP contribution in [0.1, 0.15) is 38.2 Å². The third kappa shape index (κ3) is 2.28. The van der Waals surface area contributed by atoms with Crippen molar-refractivity contribution in [1.82, 2.24) is 0 Å². The van der Waals surface area contributed by atoms with Crippen molar-refractivity contribution in [2.75, 3.05) is 0 Å². The summed E-state index contributed by atoms with van der Waals surface area (Å²) in [6.07, 6.45) is 6.70. The number of hydrogen-bond donors (Lipinski definition) is 0. The Hall–Kier alpha value is -0.980. The van der Waals surface area contributed by atoms with Crippen LogP contribution in [0.15, 0.2) is 24.3 Å². The number of ether oxygens (including phenoxy) is 1. The fourth-order valence-electron chi connectivity index (χ4n) is 2.00. The average Bonchev–Trinajstić information content (AvgIpc) is 2.72. The number of rotatable bonds is 3. The summed E-state index contributed by atoms with van der Waals surface area (Å²) >= 11 is 0. The molecule has 14 heavy (non-hydrogen) atoms. The molecule has 1 nitrogen and oxygen atoms in total. The average molecular weight is 190 g/mol. The van der Waals surface area contributed by atoms with Crippen LogP contribution in [0, 0.1) is 0 Å². The lowest BCUT2D eigenvalue weighted by atomic mass is 10.2. The molecule has 0 heterocycles. The van der Waals surface area contributed by atoms with Gasteiger partial charge in [-0.1, -0.05) is 19.1 Å². The molecular weight excluding hydrogens is 172 g/mol. The highest BCUT2D eigenvalue weighted by atomic mass is 16.5. The molecule has 1 aromatic carbocycles. The van der Waals surface area contributed by atoms with Crippen LogP contribution < -0.4 is 4.74 Å². The second-order valence-electron chi connectivity index (χ2n) is 4.02. The first-order valence-corrected chi connectivity index (χ1v) is 5.64. The molecule has 1 aliphatic rings. The Morgan fingerprint density at radius 2 is 1.79 bits per heavy atom. The molecule has 76 valence electrons. The second-order valence-corrected chi connectivity index (χ2v) is 4.02. The number of hydrogen-bond acceptors (Lipinski definition) is 1. The zero-order chi connectivity index (χ0) is 9.80. The van der Waals surface area contributed by atoms with Gasteiger partial charge in [0, 0.05) is 0 Å². The second kappa shape index (κ2) is 4.50. The molecular formula is C13H18O. The maximum Gasteiger partial charge on any atom is 0.119 e. The van der Waals surface area contributed by atoms with Gasteiger partial charge in [0.15, 0.2) is 0 Å². The monoisotopic (exact) mass is 190 g/mol. The van der Waals surface area contributed by atoms with Crippen LogP contribution in [0.4, 0.5) is 0 Å². The van der Waals surface area contributed by atoms with Gasteiger partial charge in [-0.05, 0) is 49.8 Å². The van der Waals surface area contributed by atoms with E-state index in [0.29, 0.717) is 6.10 Å². The van der Waals surface area contributed by atoms with Crippen molar-refractivity contribution in [1.29, 1.82) is 0 Å². The molecule has 0 saturated heterocycles. The van der Waals surface area contributed by atoms with Crippen LogP contribution in [0.5, 0.6) is 5.75 Å². The maximum absolute atomic E-state index is 5.87. The van der Waals surface area contributed by atoms with Gasteiger partial charge in [0.2, 0.25) is 0 Å². The van der Waals surface area contributed by atoms with Gasteiger partial charge in [-0.15, -0.1) is 0 Å². The summed E-state index contributed by atoms with van der Waals surface area (Å²) in [5.41, 5.74) is 1.38. The predicted octanol–water partition coefficient (Wildman–Crippen LogP) is 3.57. The molecule has 0 amide bonds. The van der Waals surface area contributed by atoms with E-state index in [2.05, 4.69) is 31.2 Å². The van der Waals surface area contributed by atoms with E-state index in [4.69, 9.17) is 4.74 Å². The Morgan fingerprint density at radius 3 is 2.36 bits per heavy atom. The molecule has 1 aromatic rings. The Labute approximate surface area is 86.1 Å². The molecule has 2 rings (SSSR count). The van der Waals surface area contributed by atoms with E-state index in [1.54, 1.807) is 0 Å². The van der Waals surface area contributed by atoms with E-state index >= 15 is 0 Å². The van der Waals surface area contributed by atoms with Crippen LogP contribution >= 0.6 is 0 Å². The van der Waals surface area contributed by atoms with Gasteiger partial charge in [-0.2, -0.15) is 0 Å². The first kappa shape index (κ1) is 9.57. The van der Waals surface area contributed by atoms with Gasteiger partial charge in [0.1, 0.15) is 5.75 Å². The SMILES string of the molecule is CCc1ccc(OC2CCCC2)cc1. The Balaban J connectivity index is 1.95. The highest BCUT2D eigenvalue weighted by Gasteiger charge is 2.15. The van der Waals surface area contributed by atoms with Gasteiger partial charge < -0.3 is 4.74 Å². The van der Waals surface area contributed by atoms with Crippen molar-refractivity contribution in [2.24, 2.45) is 0 Å². The molecule has 0 aliphatic heterocycles. The van der Waals surface area contributed by atoms with Gasteiger partial charge in [-0.25, -0.2) is 0 Å². The summed E-state index contributed by atoms with van der Waals surface area (Å²) in [6, 6.07) is 8.50. The molecule has 1 heteroatoms. The molecule has 1 aliphatic carbocycles. The molecule has 0 spiro atoms. The largest absolute Gasteiger partial charge is 0.490 e. The third-order valence-electron chi connectivity index (χ3n) is 2.94. The van der Waals surface area contributed by atoms with Crippen molar-refractivity contribution < 1.29 is 4.74 Å². The van der Waals surface area contributed by atoms with Crippen LogP contribution in [-0.4, -0.2) is 6.10 Å². The standard InChI is InChI=1S/C13H18O/c1-2-11-7-9-13(10-8-11)14-12-5-3-4-6-12/h7-10,12H,2-6H2,1H3. The summed E-state index contributed by atoms with van der Waals surface area (Å²) in [5.74, 6) is 1.04. The number of benzene rings is 1. The first-order valence-electron chi connectivity index (χ1n) is 5.64. The first-order chi connectivity index (χ1) is 6.88. The highest BCUT2D eigenvalue weighted by molar-refractivity contribution is 5.27. The van der Waals surface area contributed by atoms with E-state index in [1.165, 1.54) is 31.2 Å². The van der Waals surface area contributed by atoms with Crippen molar-refractivity contribution >= 4 is 0 Å². The van der Waals surface area contributed by atoms with Crippen LogP contribution in [0.3, 0.4) is 0 Å². The number of aryl methyl sites for hydroxylation is 1. The van der Waals surface area contributed by atoms with E-state index < -0.39 is 0 Å². The smallest absolute Gasteiger partial charge is 0.119 e. The predicted molar refractivity (Wildman–Crippen MR) is 58.7 cm³/mol. The molecule has 0 unspecified atom stereocenters. The lowest BCUT2D eigenvalue weighted by Crippen LogP contribution is -2.10. The fraction of sp³-hybridized carbons (Fsp3) is 0.538. The van der Waals surface area contributed by atoms with E-state index in [9.17, 15) is 0 Å². The summed E-state index contributed by atoms with van der Waals surface area (Å²) in [4.78, 5) is 0. The summed E-state index contributed by atoms with van der Waals surface area (Å²) in [5, 5.41) is 0. The van der Waals surface area contributed by atoms with Gasteiger partial charge in [0.05, 0.1) is 6.10 Å². The lowest BCUT2D eigenvalue weighted by Gasteiger charge is -2.12. The zero-order valence-corrected chi connectivity index (χ0v) is 8.83. The summed E-state index contributed by atoms with van der Waals surface area (Å²) in [6.45, 7) is 2.17. The molecule has 1 fully saturated rings. The zero-order valence-electron chi connectivity index (χ0n) is 8.83. The molecule has 0 aromatic heterocycles. The van der Waals surface area contributed by atoms with Gasteiger partial charge in [0.25, 0.3) is 0 Å². The third-order valence-corrected chi connectivity index (χ3v) is 2.94. The van der Waals surface area contributed by atoms with Gasteiger partial charge in [-0.3, -0.25) is 0 Å². The van der Waals surface area contributed by atoms with E-state index in [0.717, 1.165) is 12.2 Å². The minimum Gasteiger partial charge on any atom is -0.490 e. The minimum absolute atomic E-state index is 0.475. The van der Waals surface area contributed by atoms with Crippen molar-refractivity contribution in [2.45, 2.75) is 45.1 Å². The van der Waals surface area contributed by atoms with Crippen LogP contribution in [-0.2, 0) is 6.42 Å². The van der Waals surface area contributed by atoms with Crippen LogP contribution in [0.25, 0.3) is 0 Å². The molecule has 0 radical (unpaired) electrons. The summed E-state index contributed by atoms with van der Waals surface area (Å²) < 4.78 is 5.87. The molecule has 0 bridgehead atoms. The Bertz CT molecular complexity index is 270. The molecule has 1 saturated carbocycles. The Morgan fingerprint density at radius 1 is 1.14 bits per heavy atom.